The molecule has 0 amide bonds. The van der Waals surface area contributed by atoms with Gasteiger partial charge in [-0.05, 0) is 18.2 Å². The minimum absolute atomic E-state index is 0.159. The van der Waals surface area contributed by atoms with E-state index in [1.54, 1.807) is 6.07 Å². The van der Waals surface area contributed by atoms with Crippen molar-refractivity contribution in [1.29, 1.82) is 0 Å². The van der Waals surface area contributed by atoms with Crippen LogP contribution in [0.15, 0.2) is 23.1 Å². The molecule has 0 aliphatic carbocycles. The number of benzene rings is 1. The number of hydrogen-bond donors (Lipinski definition) is 0. The number of hydrogen-bond acceptors (Lipinski definition) is 1. The van der Waals surface area contributed by atoms with Crippen molar-refractivity contribution in [3.63, 3.8) is 0 Å². The van der Waals surface area contributed by atoms with Crippen LogP contribution in [-0.2, 0) is 6.42 Å². The highest BCUT2D eigenvalue weighted by Gasteiger charge is 2.13. The smallest absolute Gasteiger partial charge is 0.205 e. The topological polar surface area (TPSA) is 0 Å². The maximum absolute atomic E-state index is 12.5. The highest BCUT2D eigenvalue weighted by Crippen LogP contribution is 2.32. The Bertz CT molecular complexity index is 284. The summed E-state index contributed by atoms with van der Waals surface area (Å²) in [6, 6.07) is 5.09. The number of rotatable bonds is 3. The van der Waals surface area contributed by atoms with Crippen LogP contribution in [0.2, 0.25) is 0 Å². The Morgan fingerprint density at radius 3 is 2.54 bits per heavy atom. The van der Waals surface area contributed by atoms with E-state index in [2.05, 4.69) is 0 Å². The van der Waals surface area contributed by atoms with Gasteiger partial charge in [-0.25, -0.2) is 8.78 Å². The first-order chi connectivity index (χ1) is 6.20. The third kappa shape index (κ3) is 2.21. The second-order valence-corrected chi connectivity index (χ2v) is 3.51. The Kier molecular flexibility index (Phi) is 3.72. The van der Waals surface area contributed by atoms with Gasteiger partial charge in [0.1, 0.15) is 0 Å². The highest BCUT2D eigenvalue weighted by molar-refractivity contribution is 7.98. The van der Waals surface area contributed by atoms with E-state index in [1.807, 2.05) is 19.2 Å². The van der Waals surface area contributed by atoms with E-state index in [9.17, 15) is 8.78 Å². The fourth-order valence-corrected chi connectivity index (χ4v) is 2.17. The number of halogens is 2. The van der Waals surface area contributed by atoms with Crippen molar-refractivity contribution in [3.05, 3.63) is 29.3 Å². The minimum Gasteiger partial charge on any atom is -0.205 e. The molecule has 0 spiro atoms. The summed E-state index contributed by atoms with van der Waals surface area (Å²) in [7, 11) is 0. The first-order valence-corrected chi connectivity index (χ1v) is 5.37. The van der Waals surface area contributed by atoms with Gasteiger partial charge in [0.05, 0.1) is 0 Å². The molecule has 0 nitrogen and oxygen atoms in total. The Labute approximate surface area is 81.3 Å². The molecule has 3 heteroatoms. The molecule has 72 valence electrons. The normalized spacial score (nSPS) is 10.8. The van der Waals surface area contributed by atoms with Crippen LogP contribution in [0.5, 0.6) is 0 Å². The summed E-state index contributed by atoms with van der Waals surface area (Å²) in [6.07, 6.45) is 0.269. The highest BCUT2D eigenvalue weighted by atomic mass is 32.2. The fraction of sp³-hybridized carbons (Fsp3) is 0.400. The van der Waals surface area contributed by atoms with E-state index in [0.717, 1.165) is 16.9 Å². The molecule has 0 saturated heterocycles. The van der Waals surface area contributed by atoms with Crippen LogP contribution in [0.4, 0.5) is 8.78 Å². The summed E-state index contributed by atoms with van der Waals surface area (Å²) in [6.45, 7) is 1.98. The molecule has 0 aliphatic rings. The lowest BCUT2D eigenvalue weighted by Crippen LogP contribution is -1.93. The van der Waals surface area contributed by atoms with Gasteiger partial charge in [-0.2, -0.15) is 0 Å². The monoisotopic (exact) mass is 202 g/mol. The van der Waals surface area contributed by atoms with E-state index in [-0.39, 0.29) is 5.56 Å². The Hall–Kier alpha value is -0.570. The van der Waals surface area contributed by atoms with Crippen molar-refractivity contribution in [2.75, 3.05) is 6.26 Å². The molecule has 0 saturated carbocycles. The minimum atomic E-state index is -2.37. The molecule has 1 aromatic carbocycles. The quantitative estimate of drug-likeness (QED) is 0.670. The molecule has 0 radical (unpaired) electrons. The van der Waals surface area contributed by atoms with E-state index in [1.165, 1.54) is 17.8 Å². The Morgan fingerprint density at radius 1 is 1.38 bits per heavy atom. The SMILES string of the molecule is CCc1cccc(C(F)F)c1SC. The number of alkyl halides is 2. The van der Waals surface area contributed by atoms with Crippen molar-refractivity contribution in [3.8, 4) is 0 Å². The van der Waals surface area contributed by atoms with Gasteiger partial charge >= 0.3 is 0 Å². The summed E-state index contributed by atoms with van der Waals surface area (Å²) in [5, 5.41) is 0. The zero-order valence-corrected chi connectivity index (χ0v) is 8.50. The van der Waals surface area contributed by atoms with Crippen LogP contribution in [0.3, 0.4) is 0 Å². The lowest BCUT2D eigenvalue weighted by atomic mass is 10.1. The molecule has 0 fully saturated rings. The molecule has 0 heterocycles. The molecule has 0 unspecified atom stereocenters. The second kappa shape index (κ2) is 4.61. The first kappa shape index (κ1) is 10.5. The molecule has 0 N–H and O–H groups in total. The van der Waals surface area contributed by atoms with Crippen molar-refractivity contribution >= 4 is 11.8 Å². The van der Waals surface area contributed by atoms with Crippen LogP contribution in [0.25, 0.3) is 0 Å². The van der Waals surface area contributed by atoms with E-state index < -0.39 is 6.43 Å². The molecule has 0 bridgehead atoms. The molecule has 0 aromatic heterocycles. The average molecular weight is 202 g/mol. The van der Waals surface area contributed by atoms with Gasteiger partial charge in [0.25, 0.3) is 6.43 Å². The van der Waals surface area contributed by atoms with Gasteiger partial charge in [0.2, 0.25) is 0 Å². The maximum Gasteiger partial charge on any atom is 0.264 e. The van der Waals surface area contributed by atoms with Crippen LogP contribution >= 0.6 is 11.8 Å². The van der Waals surface area contributed by atoms with Gasteiger partial charge in [0, 0.05) is 10.5 Å². The molecular weight excluding hydrogens is 190 g/mol. The van der Waals surface area contributed by atoms with Crippen molar-refractivity contribution in [2.45, 2.75) is 24.7 Å². The number of aryl methyl sites for hydroxylation is 1. The Morgan fingerprint density at radius 2 is 2.08 bits per heavy atom. The zero-order valence-electron chi connectivity index (χ0n) is 7.68. The van der Waals surface area contributed by atoms with Crippen LogP contribution in [0, 0.1) is 0 Å². The summed E-state index contributed by atoms with van der Waals surface area (Å²) >= 11 is 1.39. The van der Waals surface area contributed by atoms with Gasteiger partial charge in [0.15, 0.2) is 0 Å². The van der Waals surface area contributed by atoms with E-state index >= 15 is 0 Å². The standard InChI is InChI=1S/C10H12F2S/c1-3-7-5-4-6-8(10(11)12)9(7)13-2/h4-6,10H,3H2,1-2H3. The predicted octanol–water partition coefficient (Wildman–Crippen LogP) is 3.91. The largest absolute Gasteiger partial charge is 0.264 e. The van der Waals surface area contributed by atoms with Crippen LogP contribution < -0.4 is 0 Å². The first-order valence-electron chi connectivity index (χ1n) is 4.14. The fourth-order valence-electron chi connectivity index (χ4n) is 1.30. The molecule has 1 aromatic rings. The van der Waals surface area contributed by atoms with Gasteiger partial charge in [-0.3, -0.25) is 0 Å². The van der Waals surface area contributed by atoms with E-state index in [0.29, 0.717) is 0 Å². The average Bonchev–Trinajstić information content (AvgIpc) is 2.16. The second-order valence-electron chi connectivity index (χ2n) is 2.69. The molecule has 0 aliphatic heterocycles. The summed E-state index contributed by atoms with van der Waals surface area (Å²) in [5.74, 6) is 0. The van der Waals surface area contributed by atoms with Gasteiger partial charge < -0.3 is 0 Å². The van der Waals surface area contributed by atoms with Crippen molar-refractivity contribution < 1.29 is 8.78 Å². The predicted molar refractivity (Wildman–Crippen MR) is 52.6 cm³/mol. The molecule has 13 heavy (non-hydrogen) atoms. The third-order valence-corrected chi connectivity index (χ3v) is 2.85. The summed E-state index contributed by atoms with van der Waals surface area (Å²) < 4.78 is 25.0. The van der Waals surface area contributed by atoms with Gasteiger partial charge in [-0.15, -0.1) is 11.8 Å². The lowest BCUT2D eigenvalue weighted by molar-refractivity contribution is 0.148. The third-order valence-electron chi connectivity index (χ3n) is 1.95. The van der Waals surface area contributed by atoms with Crippen LogP contribution in [-0.4, -0.2) is 6.26 Å². The van der Waals surface area contributed by atoms with Crippen LogP contribution in [0.1, 0.15) is 24.5 Å². The molecule has 0 atom stereocenters. The summed E-state index contributed by atoms with van der Waals surface area (Å²) in [5.41, 5.74) is 1.16. The summed E-state index contributed by atoms with van der Waals surface area (Å²) in [4.78, 5) is 0.736. The Balaban J connectivity index is 3.19. The number of thioether (sulfide) groups is 1. The van der Waals surface area contributed by atoms with Crippen molar-refractivity contribution in [2.24, 2.45) is 0 Å². The van der Waals surface area contributed by atoms with E-state index in [4.69, 9.17) is 0 Å². The maximum atomic E-state index is 12.5. The van der Waals surface area contributed by atoms with Crippen molar-refractivity contribution in [1.82, 2.24) is 0 Å². The molecule has 1 rings (SSSR count). The lowest BCUT2D eigenvalue weighted by Gasteiger charge is -2.10. The van der Waals surface area contributed by atoms with Gasteiger partial charge in [-0.1, -0.05) is 25.1 Å². The molecular formula is C10H12F2S. The zero-order chi connectivity index (χ0) is 9.84.